The molecule has 1 heterocycles. The van der Waals surface area contributed by atoms with E-state index in [-0.39, 0.29) is 11.4 Å². The van der Waals surface area contributed by atoms with Gasteiger partial charge in [0.15, 0.2) is 5.16 Å². The standard InChI is InChI=1S/C14H17N3OS/c15-12-10-13(18)17-14(16-12)19-9-5-4-8-11-6-2-1-3-7-11/h1-3,6-7,10H,4-5,8-9H2,(H3,15,16,17,18). The Hall–Kier alpha value is -1.75. The van der Waals surface area contributed by atoms with Crippen molar-refractivity contribution in [2.75, 3.05) is 11.5 Å². The van der Waals surface area contributed by atoms with Crippen LogP contribution in [0, 0.1) is 0 Å². The zero-order chi connectivity index (χ0) is 13.5. The highest BCUT2D eigenvalue weighted by molar-refractivity contribution is 7.99. The van der Waals surface area contributed by atoms with Gasteiger partial charge in [0.1, 0.15) is 5.82 Å². The number of rotatable bonds is 6. The lowest BCUT2D eigenvalue weighted by Gasteiger charge is -2.02. The third kappa shape index (κ3) is 4.79. The average Bonchev–Trinajstić information content (AvgIpc) is 2.38. The molecule has 0 atom stereocenters. The molecule has 0 aliphatic heterocycles. The number of H-pyrrole nitrogens is 1. The highest BCUT2D eigenvalue weighted by Crippen LogP contribution is 2.15. The van der Waals surface area contributed by atoms with E-state index < -0.39 is 0 Å². The molecule has 0 fully saturated rings. The molecule has 0 radical (unpaired) electrons. The summed E-state index contributed by atoms with van der Waals surface area (Å²) in [5.41, 5.74) is 6.69. The van der Waals surface area contributed by atoms with Crippen LogP contribution in [0.2, 0.25) is 0 Å². The van der Waals surface area contributed by atoms with E-state index in [0.29, 0.717) is 5.16 Å². The Labute approximate surface area is 116 Å². The number of nitrogens with zero attached hydrogens (tertiary/aromatic N) is 1. The van der Waals surface area contributed by atoms with Crippen molar-refractivity contribution in [1.29, 1.82) is 0 Å². The number of thioether (sulfide) groups is 1. The molecule has 0 saturated heterocycles. The van der Waals surface area contributed by atoms with Crippen molar-refractivity contribution in [3.63, 3.8) is 0 Å². The van der Waals surface area contributed by atoms with Crippen LogP contribution in [0.3, 0.4) is 0 Å². The molecule has 100 valence electrons. The van der Waals surface area contributed by atoms with Crippen LogP contribution in [-0.4, -0.2) is 15.7 Å². The summed E-state index contributed by atoms with van der Waals surface area (Å²) in [5, 5.41) is 0.602. The summed E-state index contributed by atoms with van der Waals surface area (Å²) in [5.74, 6) is 1.20. The predicted octanol–water partition coefficient (Wildman–Crippen LogP) is 2.47. The molecule has 5 heteroatoms. The molecular weight excluding hydrogens is 258 g/mol. The van der Waals surface area contributed by atoms with E-state index >= 15 is 0 Å². The maximum Gasteiger partial charge on any atom is 0.253 e. The van der Waals surface area contributed by atoms with Crippen LogP contribution in [0.15, 0.2) is 46.3 Å². The van der Waals surface area contributed by atoms with Crippen LogP contribution in [0.25, 0.3) is 0 Å². The molecule has 0 amide bonds. The molecule has 0 saturated carbocycles. The molecule has 19 heavy (non-hydrogen) atoms. The third-order valence-corrected chi connectivity index (χ3v) is 3.64. The second-order valence-electron chi connectivity index (χ2n) is 4.27. The lowest BCUT2D eigenvalue weighted by molar-refractivity contribution is 0.800. The molecular formula is C14H17N3OS. The Bertz CT molecular complexity index is 568. The minimum Gasteiger partial charge on any atom is -0.383 e. The Morgan fingerprint density at radius 3 is 2.74 bits per heavy atom. The lowest BCUT2D eigenvalue weighted by atomic mass is 10.1. The third-order valence-electron chi connectivity index (χ3n) is 2.68. The van der Waals surface area contributed by atoms with Gasteiger partial charge in [-0.3, -0.25) is 4.79 Å². The fourth-order valence-electron chi connectivity index (χ4n) is 1.77. The van der Waals surface area contributed by atoms with Crippen molar-refractivity contribution in [2.45, 2.75) is 24.4 Å². The number of anilines is 1. The van der Waals surface area contributed by atoms with Crippen LogP contribution in [0.5, 0.6) is 0 Å². The minimum atomic E-state index is -0.195. The van der Waals surface area contributed by atoms with E-state index in [4.69, 9.17) is 5.73 Å². The topological polar surface area (TPSA) is 71.8 Å². The summed E-state index contributed by atoms with van der Waals surface area (Å²) in [6.45, 7) is 0. The van der Waals surface area contributed by atoms with Crippen LogP contribution >= 0.6 is 11.8 Å². The average molecular weight is 275 g/mol. The molecule has 0 bridgehead atoms. The van der Waals surface area contributed by atoms with Gasteiger partial charge in [-0.25, -0.2) is 4.98 Å². The van der Waals surface area contributed by atoms with Gasteiger partial charge in [-0.2, -0.15) is 0 Å². The summed E-state index contributed by atoms with van der Waals surface area (Å²) < 4.78 is 0. The summed E-state index contributed by atoms with van der Waals surface area (Å²) in [7, 11) is 0. The van der Waals surface area contributed by atoms with Gasteiger partial charge in [-0.05, 0) is 24.8 Å². The number of hydrogen-bond acceptors (Lipinski definition) is 4. The van der Waals surface area contributed by atoms with Gasteiger partial charge >= 0.3 is 0 Å². The maximum absolute atomic E-state index is 11.2. The van der Waals surface area contributed by atoms with Gasteiger partial charge in [-0.15, -0.1) is 0 Å². The van der Waals surface area contributed by atoms with Crippen LogP contribution in [0.1, 0.15) is 18.4 Å². The molecule has 0 spiro atoms. The molecule has 4 nitrogen and oxygen atoms in total. The molecule has 2 rings (SSSR count). The van der Waals surface area contributed by atoms with Gasteiger partial charge in [0, 0.05) is 11.8 Å². The SMILES string of the molecule is Nc1cc(=O)[nH]c(SCCCCc2ccccc2)n1. The van der Waals surface area contributed by atoms with E-state index in [1.165, 1.54) is 23.4 Å². The molecule has 1 aromatic carbocycles. The smallest absolute Gasteiger partial charge is 0.253 e. The van der Waals surface area contributed by atoms with E-state index in [1.807, 2.05) is 6.07 Å². The second kappa shape index (κ2) is 6.99. The van der Waals surface area contributed by atoms with Crippen LogP contribution in [0.4, 0.5) is 5.82 Å². The monoisotopic (exact) mass is 275 g/mol. The van der Waals surface area contributed by atoms with Crippen molar-refractivity contribution >= 4 is 17.6 Å². The number of nitrogen functional groups attached to an aromatic ring is 1. The van der Waals surface area contributed by atoms with Crippen LogP contribution < -0.4 is 11.3 Å². The fraction of sp³-hybridized carbons (Fsp3) is 0.286. The highest BCUT2D eigenvalue weighted by atomic mass is 32.2. The summed E-state index contributed by atoms with van der Waals surface area (Å²) in [4.78, 5) is 17.9. The number of nitrogens with two attached hydrogens (primary N) is 1. The summed E-state index contributed by atoms with van der Waals surface area (Å²) >= 11 is 1.54. The molecule has 1 aromatic heterocycles. The van der Waals surface area contributed by atoms with E-state index in [1.54, 1.807) is 0 Å². The quantitative estimate of drug-likeness (QED) is 0.482. The molecule has 2 aromatic rings. The van der Waals surface area contributed by atoms with Gasteiger partial charge in [-0.1, -0.05) is 42.1 Å². The van der Waals surface area contributed by atoms with Crippen molar-refractivity contribution in [2.24, 2.45) is 0 Å². The molecule has 3 N–H and O–H groups in total. The first-order valence-corrected chi connectivity index (χ1v) is 7.26. The number of aromatic amines is 1. The largest absolute Gasteiger partial charge is 0.383 e. The zero-order valence-electron chi connectivity index (χ0n) is 10.6. The van der Waals surface area contributed by atoms with Crippen molar-refractivity contribution in [3.05, 3.63) is 52.3 Å². The van der Waals surface area contributed by atoms with Crippen molar-refractivity contribution < 1.29 is 0 Å². The number of nitrogens with one attached hydrogen (secondary N) is 1. The maximum atomic E-state index is 11.2. The Kier molecular flexibility index (Phi) is 5.03. The number of unbranched alkanes of at least 4 members (excludes halogenated alkanes) is 1. The molecule has 0 aliphatic carbocycles. The van der Waals surface area contributed by atoms with E-state index in [2.05, 4.69) is 34.2 Å². The Morgan fingerprint density at radius 1 is 1.21 bits per heavy atom. The number of benzene rings is 1. The van der Waals surface area contributed by atoms with Gasteiger partial charge in [0.25, 0.3) is 5.56 Å². The molecule has 0 unspecified atom stereocenters. The van der Waals surface area contributed by atoms with Gasteiger partial charge in [0.2, 0.25) is 0 Å². The van der Waals surface area contributed by atoms with Gasteiger partial charge in [0.05, 0.1) is 0 Å². The van der Waals surface area contributed by atoms with Crippen molar-refractivity contribution in [1.82, 2.24) is 9.97 Å². The highest BCUT2D eigenvalue weighted by Gasteiger charge is 1.99. The first-order chi connectivity index (χ1) is 9.24. The Morgan fingerprint density at radius 2 is 2.00 bits per heavy atom. The normalized spacial score (nSPS) is 10.5. The second-order valence-corrected chi connectivity index (χ2v) is 5.35. The van der Waals surface area contributed by atoms with Gasteiger partial charge < -0.3 is 10.7 Å². The van der Waals surface area contributed by atoms with E-state index in [0.717, 1.165) is 25.0 Å². The molecule has 0 aliphatic rings. The first-order valence-electron chi connectivity index (χ1n) is 6.27. The lowest BCUT2D eigenvalue weighted by Crippen LogP contribution is -2.09. The Balaban J connectivity index is 1.71. The summed E-state index contributed by atoms with van der Waals surface area (Å²) in [6, 6.07) is 11.7. The van der Waals surface area contributed by atoms with E-state index in [9.17, 15) is 4.79 Å². The first kappa shape index (κ1) is 13.7. The minimum absolute atomic E-state index is 0.195. The zero-order valence-corrected chi connectivity index (χ0v) is 11.5. The van der Waals surface area contributed by atoms with Crippen molar-refractivity contribution in [3.8, 4) is 0 Å². The fourth-order valence-corrected chi connectivity index (χ4v) is 2.65. The summed E-state index contributed by atoms with van der Waals surface area (Å²) in [6.07, 6.45) is 3.30. The predicted molar refractivity (Wildman–Crippen MR) is 79.4 cm³/mol. The number of aryl methyl sites for hydroxylation is 1. The number of hydrogen-bond donors (Lipinski definition) is 2. The number of aromatic nitrogens is 2. The van der Waals surface area contributed by atoms with Crippen LogP contribution in [-0.2, 0) is 6.42 Å².